The highest BCUT2D eigenvalue weighted by molar-refractivity contribution is 9.10. The van der Waals surface area contributed by atoms with Gasteiger partial charge in [-0.2, -0.15) is 8.42 Å². The van der Waals surface area contributed by atoms with Crippen LogP contribution in [0.25, 0.3) is 0 Å². The van der Waals surface area contributed by atoms with E-state index >= 15 is 0 Å². The summed E-state index contributed by atoms with van der Waals surface area (Å²) in [5.74, 6) is 0. The second-order valence-corrected chi connectivity index (χ2v) is 5.61. The van der Waals surface area contributed by atoms with Gasteiger partial charge in [-0.15, -0.1) is 0 Å². The van der Waals surface area contributed by atoms with Gasteiger partial charge in [-0.1, -0.05) is 15.9 Å². The summed E-state index contributed by atoms with van der Waals surface area (Å²) in [5.41, 5.74) is 0. The summed E-state index contributed by atoms with van der Waals surface area (Å²) in [6.45, 7) is 0.105. The molecule has 88 valence electrons. The molecule has 0 saturated carbocycles. The van der Waals surface area contributed by atoms with E-state index in [-0.39, 0.29) is 11.5 Å². The third-order valence-electron chi connectivity index (χ3n) is 1.83. The minimum Gasteiger partial charge on any atom is -0.313 e. The fourth-order valence-corrected chi connectivity index (χ4v) is 2.23. The first-order valence-corrected chi connectivity index (χ1v) is 6.90. The van der Waals surface area contributed by atoms with Crippen molar-refractivity contribution in [2.45, 2.75) is 17.7 Å². The lowest BCUT2D eigenvalue weighted by Crippen LogP contribution is -2.07. The molecule has 0 bridgehead atoms. The topological polar surface area (TPSA) is 67.2 Å². The molecule has 1 aromatic carbocycles. The summed E-state index contributed by atoms with van der Waals surface area (Å²) in [6, 6.07) is 6.26. The molecular weight excluding hydrogens is 294 g/mol. The Morgan fingerprint density at radius 1 is 1.31 bits per heavy atom. The van der Waals surface area contributed by atoms with Gasteiger partial charge in [0.2, 0.25) is 0 Å². The van der Waals surface area contributed by atoms with Crippen molar-refractivity contribution in [2.75, 3.05) is 6.61 Å². The van der Waals surface area contributed by atoms with Gasteiger partial charge in [0.1, 0.15) is 0 Å². The molecule has 0 radical (unpaired) electrons. The molecule has 0 aromatic heterocycles. The number of hydrogen-bond acceptors (Lipinski definition) is 4. The summed E-state index contributed by atoms with van der Waals surface area (Å²) in [4.78, 5) is 0.144. The molecule has 0 unspecified atom stereocenters. The van der Waals surface area contributed by atoms with Gasteiger partial charge >= 0.3 is 0 Å². The van der Waals surface area contributed by atoms with E-state index in [1.165, 1.54) is 18.3 Å². The number of unbranched alkanes of at least 4 members (excludes halogenated alkanes) is 1. The third kappa shape index (κ3) is 4.03. The van der Waals surface area contributed by atoms with Crippen LogP contribution in [-0.4, -0.2) is 21.2 Å². The van der Waals surface area contributed by atoms with E-state index in [9.17, 15) is 8.42 Å². The van der Waals surface area contributed by atoms with Crippen LogP contribution in [0.5, 0.6) is 0 Å². The minimum absolute atomic E-state index is 0.105. The van der Waals surface area contributed by atoms with Crippen LogP contribution in [0.1, 0.15) is 12.8 Å². The molecule has 0 aliphatic heterocycles. The van der Waals surface area contributed by atoms with Gasteiger partial charge in [-0.3, -0.25) is 4.18 Å². The zero-order chi connectivity index (χ0) is 12.0. The summed E-state index contributed by atoms with van der Waals surface area (Å²) >= 11 is 3.22. The molecule has 0 atom stereocenters. The maximum atomic E-state index is 11.6. The number of rotatable bonds is 6. The van der Waals surface area contributed by atoms with Gasteiger partial charge in [0.25, 0.3) is 10.1 Å². The number of nitrogens with one attached hydrogen (secondary N) is 1. The SMILES string of the molecule is N=CCCCOS(=O)(=O)c1ccc(Br)cc1. The average Bonchev–Trinajstić information content (AvgIpc) is 2.25. The van der Waals surface area contributed by atoms with Crippen molar-refractivity contribution in [1.29, 1.82) is 5.41 Å². The van der Waals surface area contributed by atoms with Crippen LogP contribution in [0.4, 0.5) is 0 Å². The Labute approximate surface area is 103 Å². The molecule has 4 nitrogen and oxygen atoms in total. The lowest BCUT2D eigenvalue weighted by atomic mass is 10.3. The molecule has 1 rings (SSSR count). The molecule has 0 aliphatic rings. The van der Waals surface area contributed by atoms with Crippen LogP contribution in [0.15, 0.2) is 33.6 Å². The molecule has 1 N–H and O–H groups in total. The lowest BCUT2D eigenvalue weighted by molar-refractivity contribution is 0.315. The van der Waals surface area contributed by atoms with E-state index in [2.05, 4.69) is 15.9 Å². The number of hydrogen-bond donors (Lipinski definition) is 1. The van der Waals surface area contributed by atoms with E-state index in [1.54, 1.807) is 12.1 Å². The van der Waals surface area contributed by atoms with E-state index in [1.807, 2.05) is 0 Å². The molecule has 1 aromatic rings. The first-order valence-electron chi connectivity index (χ1n) is 4.70. The van der Waals surface area contributed by atoms with Crippen molar-refractivity contribution < 1.29 is 12.6 Å². The molecule has 0 saturated heterocycles. The Hall–Kier alpha value is -0.720. The van der Waals surface area contributed by atoms with Crippen molar-refractivity contribution in [1.82, 2.24) is 0 Å². The Morgan fingerprint density at radius 3 is 2.50 bits per heavy atom. The average molecular weight is 306 g/mol. The van der Waals surface area contributed by atoms with E-state index in [4.69, 9.17) is 9.59 Å². The second kappa shape index (κ2) is 6.12. The zero-order valence-corrected chi connectivity index (χ0v) is 10.9. The van der Waals surface area contributed by atoms with Gasteiger partial charge < -0.3 is 5.41 Å². The fraction of sp³-hybridized carbons (Fsp3) is 0.300. The smallest absolute Gasteiger partial charge is 0.296 e. The molecule has 0 amide bonds. The summed E-state index contributed by atoms with van der Waals surface area (Å²) in [6.07, 6.45) is 2.28. The molecule has 0 spiro atoms. The highest BCUT2D eigenvalue weighted by Gasteiger charge is 2.13. The highest BCUT2D eigenvalue weighted by Crippen LogP contribution is 2.16. The fourth-order valence-electron chi connectivity index (χ4n) is 1.02. The molecule has 6 heteroatoms. The van der Waals surface area contributed by atoms with Gasteiger partial charge in [-0.05, 0) is 43.3 Å². The molecule has 0 heterocycles. The Kier molecular flexibility index (Phi) is 5.11. The van der Waals surface area contributed by atoms with Gasteiger partial charge in [-0.25, -0.2) is 0 Å². The second-order valence-electron chi connectivity index (χ2n) is 3.08. The summed E-state index contributed by atoms with van der Waals surface area (Å²) in [7, 11) is -3.65. The van der Waals surface area contributed by atoms with Crippen LogP contribution in [0.2, 0.25) is 0 Å². The quantitative estimate of drug-likeness (QED) is 0.499. The first-order chi connectivity index (χ1) is 7.56. The van der Waals surface area contributed by atoms with Crippen molar-refractivity contribution in [3.8, 4) is 0 Å². The van der Waals surface area contributed by atoms with Crippen molar-refractivity contribution in [3.63, 3.8) is 0 Å². The molecular formula is C10H12BrNO3S. The monoisotopic (exact) mass is 305 g/mol. The van der Waals surface area contributed by atoms with Crippen LogP contribution in [-0.2, 0) is 14.3 Å². The largest absolute Gasteiger partial charge is 0.313 e. The predicted molar refractivity (Wildman–Crippen MR) is 65.3 cm³/mol. The van der Waals surface area contributed by atoms with E-state index in [0.717, 1.165) is 4.47 Å². The highest BCUT2D eigenvalue weighted by atomic mass is 79.9. The Bertz CT molecular complexity index is 442. The molecule has 0 fully saturated rings. The Morgan fingerprint density at radius 2 is 1.94 bits per heavy atom. The van der Waals surface area contributed by atoms with Crippen LogP contribution in [0, 0.1) is 5.41 Å². The summed E-state index contributed by atoms with van der Waals surface area (Å²) < 4.78 is 28.9. The Balaban J connectivity index is 2.63. The van der Waals surface area contributed by atoms with Crippen molar-refractivity contribution >= 4 is 32.3 Å². The number of halogens is 1. The maximum absolute atomic E-state index is 11.6. The van der Waals surface area contributed by atoms with E-state index in [0.29, 0.717) is 12.8 Å². The van der Waals surface area contributed by atoms with Gasteiger partial charge in [0.15, 0.2) is 0 Å². The summed E-state index contributed by atoms with van der Waals surface area (Å²) in [5, 5.41) is 6.79. The normalized spacial score (nSPS) is 11.3. The van der Waals surface area contributed by atoms with E-state index < -0.39 is 10.1 Å². The van der Waals surface area contributed by atoms with Gasteiger partial charge in [0, 0.05) is 4.47 Å². The first kappa shape index (κ1) is 13.3. The van der Waals surface area contributed by atoms with Crippen LogP contribution < -0.4 is 0 Å². The van der Waals surface area contributed by atoms with Crippen molar-refractivity contribution in [3.05, 3.63) is 28.7 Å². The van der Waals surface area contributed by atoms with Gasteiger partial charge in [0.05, 0.1) is 11.5 Å². The molecule has 0 aliphatic carbocycles. The zero-order valence-electron chi connectivity index (χ0n) is 8.52. The molecule has 16 heavy (non-hydrogen) atoms. The minimum atomic E-state index is -3.65. The third-order valence-corrected chi connectivity index (χ3v) is 3.69. The lowest BCUT2D eigenvalue weighted by Gasteiger charge is -2.04. The standard InChI is InChI=1S/C10H12BrNO3S/c11-9-3-5-10(6-4-9)16(13,14)15-8-2-1-7-12/h3-7,12H,1-2,8H2. The maximum Gasteiger partial charge on any atom is 0.296 e. The van der Waals surface area contributed by atoms with Crippen molar-refractivity contribution in [2.24, 2.45) is 0 Å². The predicted octanol–water partition coefficient (Wildman–Crippen LogP) is 2.58. The van der Waals surface area contributed by atoms with Crippen LogP contribution in [0.3, 0.4) is 0 Å². The number of benzene rings is 1. The van der Waals surface area contributed by atoms with Crippen LogP contribution >= 0.6 is 15.9 Å².